The van der Waals surface area contributed by atoms with Crippen molar-refractivity contribution in [2.45, 2.75) is 11.0 Å². The van der Waals surface area contributed by atoms with Crippen LogP contribution in [0.4, 0.5) is 5.69 Å². The summed E-state index contributed by atoms with van der Waals surface area (Å²) in [5, 5.41) is 12.0. The molecule has 1 saturated heterocycles. The number of benzene rings is 1. The van der Waals surface area contributed by atoms with Crippen molar-refractivity contribution in [1.82, 2.24) is 10.7 Å². The Hall–Kier alpha value is -1.73. The van der Waals surface area contributed by atoms with Crippen molar-refractivity contribution in [2.75, 3.05) is 18.2 Å². The molecule has 0 aliphatic carbocycles. The van der Waals surface area contributed by atoms with E-state index in [0.717, 1.165) is 4.90 Å². The van der Waals surface area contributed by atoms with E-state index in [2.05, 4.69) is 16.2 Å². The lowest BCUT2D eigenvalue weighted by Crippen LogP contribution is -2.41. The summed E-state index contributed by atoms with van der Waals surface area (Å²) in [6.07, 6.45) is 0.975. The SMILES string of the molecule is CSc1cccc(NNC(=O)C2C(=O)NCC2O)c1. The first-order valence-electron chi connectivity index (χ1n) is 5.77. The van der Waals surface area contributed by atoms with Gasteiger partial charge in [0.15, 0.2) is 0 Å². The molecule has 1 aliphatic heterocycles. The molecule has 7 heteroatoms. The van der Waals surface area contributed by atoms with Crippen LogP contribution in [0.3, 0.4) is 0 Å². The maximum atomic E-state index is 11.8. The molecule has 4 N–H and O–H groups in total. The van der Waals surface area contributed by atoms with Crippen LogP contribution in [0.5, 0.6) is 0 Å². The number of β-amino-alcohol motifs (C(OH)–C–C–N with tert-alkyl or cyclic N) is 1. The second-order valence-corrected chi connectivity index (χ2v) is 5.02. The second kappa shape index (κ2) is 5.94. The fourth-order valence-electron chi connectivity index (χ4n) is 1.81. The zero-order valence-corrected chi connectivity index (χ0v) is 11.2. The van der Waals surface area contributed by atoms with Crippen LogP contribution in [0.2, 0.25) is 0 Å². The van der Waals surface area contributed by atoms with Gasteiger partial charge in [-0.05, 0) is 24.5 Å². The summed E-state index contributed by atoms with van der Waals surface area (Å²) in [5.74, 6) is -2.06. The van der Waals surface area contributed by atoms with Gasteiger partial charge >= 0.3 is 0 Å². The summed E-state index contributed by atoms with van der Waals surface area (Å²) in [4.78, 5) is 24.2. The Morgan fingerprint density at radius 2 is 2.32 bits per heavy atom. The van der Waals surface area contributed by atoms with Gasteiger partial charge in [0.25, 0.3) is 5.91 Å². The Morgan fingerprint density at radius 3 is 2.95 bits per heavy atom. The molecule has 2 rings (SSSR count). The van der Waals surface area contributed by atoms with Crippen LogP contribution < -0.4 is 16.2 Å². The van der Waals surface area contributed by atoms with E-state index in [0.29, 0.717) is 5.69 Å². The number of thioether (sulfide) groups is 1. The van der Waals surface area contributed by atoms with Gasteiger partial charge in [0.05, 0.1) is 11.8 Å². The second-order valence-electron chi connectivity index (χ2n) is 4.14. The van der Waals surface area contributed by atoms with Crippen LogP contribution in [-0.4, -0.2) is 35.8 Å². The quantitative estimate of drug-likeness (QED) is 0.353. The molecule has 1 heterocycles. The van der Waals surface area contributed by atoms with Gasteiger partial charge in [0, 0.05) is 11.4 Å². The van der Waals surface area contributed by atoms with Crippen LogP contribution in [0.25, 0.3) is 0 Å². The topological polar surface area (TPSA) is 90.5 Å². The van der Waals surface area contributed by atoms with Crippen LogP contribution in [0.15, 0.2) is 29.2 Å². The van der Waals surface area contributed by atoms with Gasteiger partial charge in [-0.15, -0.1) is 11.8 Å². The minimum absolute atomic E-state index is 0.110. The van der Waals surface area contributed by atoms with Gasteiger partial charge in [-0.1, -0.05) is 6.07 Å². The Labute approximate surface area is 114 Å². The van der Waals surface area contributed by atoms with Crippen molar-refractivity contribution in [2.24, 2.45) is 5.92 Å². The number of carbonyl (C=O) groups is 2. The van der Waals surface area contributed by atoms with Crippen LogP contribution in [-0.2, 0) is 9.59 Å². The van der Waals surface area contributed by atoms with Gasteiger partial charge < -0.3 is 10.4 Å². The van der Waals surface area contributed by atoms with E-state index in [9.17, 15) is 14.7 Å². The number of anilines is 1. The minimum atomic E-state index is -1.06. The minimum Gasteiger partial charge on any atom is -0.390 e. The molecule has 0 saturated carbocycles. The lowest BCUT2D eigenvalue weighted by molar-refractivity contribution is -0.135. The van der Waals surface area contributed by atoms with E-state index in [1.807, 2.05) is 24.5 Å². The first kappa shape index (κ1) is 13.7. The van der Waals surface area contributed by atoms with E-state index in [1.165, 1.54) is 0 Å². The van der Waals surface area contributed by atoms with Crippen molar-refractivity contribution < 1.29 is 14.7 Å². The number of hydrogen-bond donors (Lipinski definition) is 4. The fourth-order valence-corrected chi connectivity index (χ4v) is 2.27. The Kier molecular flexibility index (Phi) is 4.28. The van der Waals surface area contributed by atoms with E-state index < -0.39 is 23.8 Å². The standard InChI is InChI=1S/C12H15N3O3S/c1-19-8-4-2-3-7(5-8)14-15-12(18)10-9(16)6-13-11(10)17/h2-5,9-10,14,16H,6H2,1H3,(H,13,17)(H,15,18). The number of amides is 2. The zero-order chi connectivity index (χ0) is 13.8. The third kappa shape index (κ3) is 3.18. The van der Waals surface area contributed by atoms with Gasteiger partial charge in [-0.25, -0.2) is 0 Å². The Morgan fingerprint density at radius 1 is 1.53 bits per heavy atom. The number of hydrogen-bond acceptors (Lipinski definition) is 5. The molecule has 1 aromatic carbocycles. The zero-order valence-electron chi connectivity index (χ0n) is 10.3. The molecule has 0 aromatic heterocycles. The molecular formula is C12H15N3O3S. The molecular weight excluding hydrogens is 266 g/mol. The number of rotatable bonds is 4. The van der Waals surface area contributed by atoms with Crippen LogP contribution in [0, 0.1) is 5.92 Å². The molecule has 1 aromatic rings. The highest BCUT2D eigenvalue weighted by Gasteiger charge is 2.39. The average Bonchev–Trinajstić information content (AvgIpc) is 2.76. The lowest BCUT2D eigenvalue weighted by atomic mass is 10.1. The summed E-state index contributed by atoms with van der Waals surface area (Å²) in [7, 11) is 0. The molecule has 2 amide bonds. The van der Waals surface area contributed by atoms with Crippen molar-refractivity contribution in [3.8, 4) is 0 Å². The van der Waals surface area contributed by atoms with E-state index in [1.54, 1.807) is 17.8 Å². The van der Waals surface area contributed by atoms with E-state index in [-0.39, 0.29) is 6.54 Å². The number of carbonyl (C=O) groups excluding carboxylic acids is 2. The summed E-state index contributed by atoms with van der Waals surface area (Å²) < 4.78 is 0. The number of aliphatic hydroxyl groups is 1. The van der Waals surface area contributed by atoms with Crippen molar-refractivity contribution >= 4 is 29.3 Å². The third-order valence-electron chi connectivity index (χ3n) is 2.83. The average molecular weight is 281 g/mol. The number of hydrazine groups is 1. The van der Waals surface area contributed by atoms with Crippen molar-refractivity contribution in [1.29, 1.82) is 0 Å². The molecule has 0 radical (unpaired) electrons. The van der Waals surface area contributed by atoms with Crippen molar-refractivity contribution in [3.05, 3.63) is 24.3 Å². The summed E-state index contributed by atoms with van der Waals surface area (Å²) in [5.41, 5.74) is 5.88. The highest BCUT2D eigenvalue weighted by molar-refractivity contribution is 7.98. The highest BCUT2D eigenvalue weighted by Crippen LogP contribution is 2.18. The fraction of sp³-hybridized carbons (Fsp3) is 0.333. The van der Waals surface area contributed by atoms with E-state index >= 15 is 0 Å². The van der Waals surface area contributed by atoms with Crippen molar-refractivity contribution in [3.63, 3.8) is 0 Å². The first-order valence-corrected chi connectivity index (χ1v) is 7.00. The smallest absolute Gasteiger partial charge is 0.253 e. The molecule has 6 nitrogen and oxygen atoms in total. The number of nitrogens with one attached hydrogen (secondary N) is 3. The Bertz CT molecular complexity index is 495. The molecule has 2 unspecified atom stereocenters. The number of aliphatic hydroxyl groups excluding tert-OH is 1. The van der Waals surface area contributed by atoms with Gasteiger partial charge in [0.2, 0.25) is 5.91 Å². The van der Waals surface area contributed by atoms with E-state index in [4.69, 9.17) is 0 Å². The molecule has 2 atom stereocenters. The third-order valence-corrected chi connectivity index (χ3v) is 3.56. The normalized spacial score (nSPS) is 21.9. The highest BCUT2D eigenvalue weighted by atomic mass is 32.2. The molecule has 1 fully saturated rings. The summed E-state index contributed by atoms with van der Waals surface area (Å²) in [6.45, 7) is 0.110. The monoisotopic (exact) mass is 281 g/mol. The largest absolute Gasteiger partial charge is 0.390 e. The predicted molar refractivity (Wildman–Crippen MR) is 72.5 cm³/mol. The van der Waals surface area contributed by atoms with Gasteiger partial charge in [0.1, 0.15) is 5.92 Å². The molecule has 1 aliphatic rings. The lowest BCUT2D eigenvalue weighted by Gasteiger charge is -2.13. The molecule has 0 spiro atoms. The van der Waals surface area contributed by atoms with Crippen LogP contribution in [0.1, 0.15) is 0 Å². The maximum Gasteiger partial charge on any atom is 0.253 e. The van der Waals surface area contributed by atoms with Gasteiger partial charge in [-0.2, -0.15) is 0 Å². The molecule has 102 valence electrons. The summed E-state index contributed by atoms with van der Waals surface area (Å²) >= 11 is 1.59. The molecule has 0 bridgehead atoms. The Balaban J connectivity index is 1.94. The molecule has 19 heavy (non-hydrogen) atoms. The predicted octanol–water partition coefficient (Wildman–Crippen LogP) is -0.0415. The summed E-state index contributed by atoms with van der Waals surface area (Å²) in [6, 6.07) is 7.48. The van der Waals surface area contributed by atoms with Gasteiger partial charge in [-0.3, -0.25) is 20.4 Å². The van der Waals surface area contributed by atoms with Crippen LogP contribution >= 0.6 is 11.8 Å². The first-order chi connectivity index (χ1) is 9.11. The maximum absolute atomic E-state index is 11.8.